The Balaban J connectivity index is 1.81. The first-order valence-corrected chi connectivity index (χ1v) is 6.33. The van der Waals surface area contributed by atoms with Gasteiger partial charge in [-0.25, -0.2) is 0 Å². The summed E-state index contributed by atoms with van der Waals surface area (Å²) in [7, 11) is 0. The average molecular weight is 308 g/mol. The van der Waals surface area contributed by atoms with Crippen molar-refractivity contribution < 1.29 is 13.9 Å². The van der Waals surface area contributed by atoms with Crippen molar-refractivity contribution in [3.05, 3.63) is 46.3 Å². The molecule has 0 unspecified atom stereocenters. The molecule has 0 bridgehead atoms. The van der Waals surface area contributed by atoms with Gasteiger partial charge in [0.15, 0.2) is 4.67 Å². The maximum absolute atomic E-state index is 12.0. The summed E-state index contributed by atoms with van der Waals surface area (Å²) in [6, 6.07) is 7.27. The normalized spacial score (nSPS) is 12.9. The molecule has 0 spiro atoms. The first-order chi connectivity index (χ1) is 8.74. The fraction of sp³-hybridized carbons (Fsp3) is 0.154. The lowest BCUT2D eigenvalue weighted by Crippen LogP contribution is -2.11. The monoisotopic (exact) mass is 307 g/mol. The highest BCUT2D eigenvalue weighted by atomic mass is 79.9. The Bertz CT molecular complexity index is 606. The van der Waals surface area contributed by atoms with Gasteiger partial charge in [0, 0.05) is 12.1 Å². The van der Waals surface area contributed by atoms with E-state index in [0.29, 0.717) is 16.8 Å². The Morgan fingerprint density at radius 3 is 3.00 bits per heavy atom. The molecular weight excluding hydrogens is 298 g/mol. The number of amides is 1. The highest BCUT2D eigenvalue weighted by Crippen LogP contribution is 2.28. The largest absolute Gasteiger partial charge is 0.493 e. The molecule has 1 aliphatic rings. The number of hydrogen-bond donors (Lipinski definition) is 1. The molecular formula is C13H10BrNO3. The molecule has 3 rings (SSSR count). The lowest BCUT2D eigenvalue weighted by Gasteiger charge is -2.05. The summed E-state index contributed by atoms with van der Waals surface area (Å²) in [4.78, 5) is 12.0. The summed E-state index contributed by atoms with van der Waals surface area (Å²) in [5.41, 5.74) is 2.36. The number of fused-ring (bicyclic) bond motifs is 1. The van der Waals surface area contributed by atoms with E-state index < -0.39 is 0 Å². The predicted molar refractivity (Wildman–Crippen MR) is 70.0 cm³/mol. The summed E-state index contributed by atoms with van der Waals surface area (Å²) in [5, 5.41) is 2.83. The SMILES string of the molecule is O=C(Nc1ccc2c(c1)CCO2)c1ccoc1Br. The number of ether oxygens (including phenoxy) is 1. The topological polar surface area (TPSA) is 51.5 Å². The van der Waals surface area contributed by atoms with Gasteiger partial charge < -0.3 is 14.5 Å². The summed E-state index contributed by atoms with van der Waals surface area (Å²) in [5.74, 6) is 0.701. The van der Waals surface area contributed by atoms with Crippen molar-refractivity contribution in [3.63, 3.8) is 0 Å². The Hall–Kier alpha value is -1.75. The molecule has 1 N–H and O–H groups in total. The molecule has 1 aliphatic heterocycles. The van der Waals surface area contributed by atoms with Crippen molar-refractivity contribution in [1.29, 1.82) is 0 Å². The molecule has 1 amide bonds. The number of anilines is 1. The van der Waals surface area contributed by atoms with E-state index in [1.165, 1.54) is 6.26 Å². The van der Waals surface area contributed by atoms with E-state index in [0.717, 1.165) is 23.4 Å². The van der Waals surface area contributed by atoms with E-state index in [-0.39, 0.29) is 5.91 Å². The number of furan rings is 1. The van der Waals surface area contributed by atoms with E-state index in [1.54, 1.807) is 6.07 Å². The van der Waals surface area contributed by atoms with Crippen LogP contribution in [0.3, 0.4) is 0 Å². The fourth-order valence-corrected chi connectivity index (χ4v) is 2.34. The van der Waals surface area contributed by atoms with Gasteiger partial charge in [-0.15, -0.1) is 0 Å². The molecule has 0 aliphatic carbocycles. The van der Waals surface area contributed by atoms with Crippen LogP contribution in [0, 0.1) is 0 Å². The first-order valence-electron chi connectivity index (χ1n) is 5.54. The van der Waals surface area contributed by atoms with Gasteiger partial charge in [0.25, 0.3) is 5.91 Å². The molecule has 0 radical (unpaired) electrons. The molecule has 4 nitrogen and oxygen atoms in total. The van der Waals surface area contributed by atoms with Crippen LogP contribution in [0.2, 0.25) is 0 Å². The molecule has 2 heterocycles. The van der Waals surface area contributed by atoms with Gasteiger partial charge in [0.2, 0.25) is 0 Å². The molecule has 5 heteroatoms. The van der Waals surface area contributed by atoms with E-state index in [1.807, 2.05) is 18.2 Å². The lowest BCUT2D eigenvalue weighted by atomic mass is 10.1. The van der Waals surface area contributed by atoms with Crippen molar-refractivity contribution in [2.45, 2.75) is 6.42 Å². The predicted octanol–water partition coefficient (Wildman–Crippen LogP) is 3.23. The Morgan fingerprint density at radius 2 is 2.22 bits per heavy atom. The number of rotatable bonds is 2. The Kier molecular flexibility index (Phi) is 2.83. The van der Waals surface area contributed by atoms with Crippen LogP contribution in [0.25, 0.3) is 0 Å². The van der Waals surface area contributed by atoms with Gasteiger partial charge in [0.05, 0.1) is 18.4 Å². The van der Waals surface area contributed by atoms with Gasteiger partial charge in [-0.3, -0.25) is 4.79 Å². The molecule has 0 atom stereocenters. The molecule has 2 aromatic rings. The highest BCUT2D eigenvalue weighted by Gasteiger charge is 2.15. The summed E-state index contributed by atoms with van der Waals surface area (Å²) in [6.07, 6.45) is 2.35. The third-order valence-electron chi connectivity index (χ3n) is 2.81. The third kappa shape index (κ3) is 2.01. The number of halogens is 1. The van der Waals surface area contributed by atoms with Crippen LogP contribution in [0.1, 0.15) is 15.9 Å². The van der Waals surface area contributed by atoms with Gasteiger partial charge in [-0.1, -0.05) is 0 Å². The maximum Gasteiger partial charge on any atom is 0.260 e. The highest BCUT2D eigenvalue weighted by molar-refractivity contribution is 9.10. The average Bonchev–Trinajstić information content (AvgIpc) is 2.96. The van der Waals surface area contributed by atoms with Gasteiger partial charge in [-0.2, -0.15) is 0 Å². The minimum Gasteiger partial charge on any atom is -0.493 e. The second kappa shape index (κ2) is 4.49. The third-order valence-corrected chi connectivity index (χ3v) is 3.42. The van der Waals surface area contributed by atoms with Crippen LogP contribution in [0.4, 0.5) is 5.69 Å². The van der Waals surface area contributed by atoms with Gasteiger partial charge in [-0.05, 0) is 45.8 Å². The number of nitrogens with one attached hydrogen (secondary N) is 1. The summed E-state index contributed by atoms with van der Waals surface area (Å²) < 4.78 is 10.9. The quantitative estimate of drug-likeness (QED) is 0.926. The number of benzene rings is 1. The smallest absolute Gasteiger partial charge is 0.260 e. The van der Waals surface area contributed by atoms with Crippen molar-refractivity contribution in [2.75, 3.05) is 11.9 Å². The molecule has 92 valence electrons. The van der Waals surface area contributed by atoms with Crippen molar-refractivity contribution in [3.8, 4) is 5.75 Å². The number of carbonyl (C=O) groups excluding carboxylic acids is 1. The van der Waals surface area contributed by atoms with E-state index in [4.69, 9.17) is 9.15 Å². The zero-order valence-corrected chi connectivity index (χ0v) is 11.0. The number of carbonyl (C=O) groups is 1. The Labute approximate surface area is 112 Å². The van der Waals surface area contributed by atoms with Crippen LogP contribution in [-0.2, 0) is 6.42 Å². The second-order valence-corrected chi connectivity index (χ2v) is 4.70. The molecule has 0 saturated heterocycles. The van der Waals surface area contributed by atoms with Gasteiger partial charge >= 0.3 is 0 Å². The minimum atomic E-state index is -0.200. The molecule has 0 saturated carbocycles. The maximum atomic E-state index is 12.0. The number of hydrogen-bond acceptors (Lipinski definition) is 3. The fourth-order valence-electron chi connectivity index (χ4n) is 1.92. The van der Waals surface area contributed by atoms with Crippen molar-refractivity contribution in [2.24, 2.45) is 0 Å². The van der Waals surface area contributed by atoms with Crippen LogP contribution < -0.4 is 10.1 Å². The van der Waals surface area contributed by atoms with E-state index in [9.17, 15) is 4.79 Å². The minimum absolute atomic E-state index is 0.200. The second-order valence-electron chi connectivity index (χ2n) is 3.98. The van der Waals surface area contributed by atoms with Crippen LogP contribution in [0.5, 0.6) is 5.75 Å². The summed E-state index contributed by atoms with van der Waals surface area (Å²) >= 11 is 3.18. The zero-order chi connectivity index (χ0) is 12.5. The first kappa shape index (κ1) is 11.3. The van der Waals surface area contributed by atoms with Gasteiger partial charge in [0.1, 0.15) is 5.75 Å². The molecule has 18 heavy (non-hydrogen) atoms. The molecule has 0 fully saturated rings. The zero-order valence-electron chi connectivity index (χ0n) is 9.40. The van der Waals surface area contributed by atoms with Crippen LogP contribution >= 0.6 is 15.9 Å². The molecule has 1 aromatic heterocycles. The van der Waals surface area contributed by atoms with E-state index >= 15 is 0 Å². The molecule has 1 aromatic carbocycles. The summed E-state index contributed by atoms with van der Waals surface area (Å²) in [6.45, 7) is 0.708. The standard InChI is InChI=1S/C13H10BrNO3/c14-12-10(4-6-18-12)13(16)15-9-1-2-11-8(7-9)3-5-17-11/h1-2,4,6-7H,3,5H2,(H,15,16). The van der Waals surface area contributed by atoms with Crippen molar-refractivity contribution in [1.82, 2.24) is 0 Å². The van der Waals surface area contributed by atoms with Crippen LogP contribution in [-0.4, -0.2) is 12.5 Å². The Morgan fingerprint density at radius 1 is 1.33 bits per heavy atom. The lowest BCUT2D eigenvalue weighted by molar-refractivity contribution is 0.102. The van der Waals surface area contributed by atoms with E-state index in [2.05, 4.69) is 21.2 Å². The van der Waals surface area contributed by atoms with Crippen LogP contribution in [0.15, 0.2) is 39.6 Å². The van der Waals surface area contributed by atoms with Crippen molar-refractivity contribution >= 4 is 27.5 Å².